The minimum Gasteiger partial charge on any atom is -0.312 e. The Balaban J connectivity index is 2.70. The Hall–Kier alpha value is -1.35. The molecule has 0 saturated carbocycles. The Labute approximate surface area is 104 Å². The van der Waals surface area contributed by atoms with Gasteiger partial charge in [0.2, 0.25) is 5.91 Å². The van der Waals surface area contributed by atoms with Crippen molar-refractivity contribution in [2.24, 2.45) is 0 Å². The van der Waals surface area contributed by atoms with Gasteiger partial charge in [0, 0.05) is 18.3 Å². The first-order chi connectivity index (χ1) is 8.04. The summed E-state index contributed by atoms with van der Waals surface area (Å²) in [6.45, 7) is 9.20. The van der Waals surface area contributed by atoms with E-state index in [1.165, 1.54) is 5.56 Å². The highest BCUT2D eigenvalue weighted by Gasteiger charge is 2.13. The van der Waals surface area contributed by atoms with Gasteiger partial charge in [-0.1, -0.05) is 31.5 Å². The molecule has 0 fully saturated rings. The topological polar surface area (TPSA) is 32.3 Å². The summed E-state index contributed by atoms with van der Waals surface area (Å²) in [5, 5.41) is 3.15. The van der Waals surface area contributed by atoms with Crippen LogP contribution in [-0.4, -0.2) is 25.0 Å². The van der Waals surface area contributed by atoms with Crippen LogP contribution in [0, 0.1) is 6.92 Å². The molecule has 0 aliphatic heterocycles. The first kappa shape index (κ1) is 13.7. The SMILES string of the molecule is CCN(C(=O)CNC(C)C)c1ccc(C)cc1. The molecule has 0 aromatic heterocycles. The van der Waals surface area contributed by atoms with Crippen molar-refractivity contribution in [3.05, 3.63) is 29.8 Å². The number of hydrogen-bond acceptors (Lipinski definition) is 2. The van der Waals surface area contributed by atoms with Crippen LogP contribution < -0.4 is 10.2 Å². The highest BCUT2D eigenvalue weighted by Crippen LogP contribution is 2.14. The summed E-state index contributed by atoms with van der Waals surface area (Å²) in [5.74, 6) is 0.116. The standard InChI is InChI=1S/C14H22N2O/c1-5-16(14(17)10-15-11(2)3)13-8-6-12(4)7-9-13/h6-9,11,15H,5,10H2,1-4H3. The van der Waals surface area contributed by atoms with E-state index < -0.39 is 0 Å². The van der Waals surface area contributed by atoms with Crippen LogP contribution in [0.25, 0.3) is 0 Å². The molecular weight excluding hydrogens is 212 g/mol. The van der Waals surface area contributed by atoms with E-state index >= 15 is 0 Å². The molecule has 0 unspecified atom stereocenters. The molecule has 0 bridgehead atoms. The van der Waals surface area contributed by atoms with Gasteiger partial charge in [0.25, 0.3) is 0 Å². The smallest absolute Gasteiger partial charge is 0.240 e. The summed E-state index contributed by atoms with van der Waals surface area (Å²) in [6.07, 6.45) is 0. The second kappa shape index (κ2) is 6.40. The fraction of sp³-hybridized carbons (Fsp3) is 0.500. The molecule has 1 aromatic carbocycles. The number of nitrogens with one attached hydrogen (secondary N) is 1. The van der Waals surface area contributed by atoms with Gasteiger partial charge in [0.1, 0.15) is 0 Å². The molecule has 0 atom stereocenters. The Kier molecular flexibility index (Phi) is 5.16. The van der Waals surface area contributed by atoms with Crippen LogP contribution in [0.4, 0.5) is 5.69 Å². The maximum atomic E-state index is 12.0. The lowest BCUT2D eigenvalue weighted by molar-refractivity contribution is -0.117. The first-order valence-electron chi connectivity index (χ1n) is 6.15. The lowest BCUT2D eigenvalue weighted by atomic mass is 10.2. The monoisotopic (exact) mass is 234 g/mol. The molecule has 0 aliphatic carbocycles. The van der Waals surface area contributed by atoms with Crippen molar-refractivity contribution in [1.82, 2.24) is 5.32 Å². The zero-order chi connectivity index (χ0) is 12.8. The van der Waals surface area contributed by atoms with Crippen molar-refractivity contribution in [3.8, 4) is 0 Å². The van der Waals surface area contributed by atoms with E-state index in [1.807, 2.05) is 52.0 Å². The second-order valence-corrected chi connectivity index (χ2v) is 4.51. The number of likely N-dealkylation sites (N-methyl/N-ethyl adjacent to an activating group) is 1. The van der Waals surface area contributed by atoms with Crippen molar-refractivity contribution in [2.45, 2.75) is 33.7 Å². The van der Waals surface area contributed by atoms with Crippen LogP contribution in [0.2, 0.25) is 0 Å². The van der Waals surface area contributed by atoms with Gasteiger partial charge in [-0.15, -0.1) is 0 Å². The number of nitrogens with zero attached hydrogens (tertiary/aromatic N) is 1. The number of carbonyl (C=O) groups is 1. The van der Waals surface area contributed by atoms with E-state index in [0.29, 0.717) is 19.1 Å². The van der Waals surface area contributed by atoms with Crippen LogP contribution in [-0.2, 0) is 4.79 Å². The number of carbonyl (C=O) groups excluding carboxylic acids is 1. The molecule has 0 radical (unpaired) electrons. The van der Waals surface area contributed by atoms with Gasteiger partial charge >= 0.3 is 0 Å². The molecule has 0 saturated heterocycles. The average molecular weight is 234 g/mol. The normalized spacial score (nSPS) is 10.6. The average Bonchev–Trinajstić information content (AvgIpc) is 2.30. The summed E-state index contributed by atoms with van der Waals surface area (Å²) < 4.78 is 0. The van der Waals surface area contributed by atoms with Crippen molar-refractivity contribution in [1.29, 1.82) is 0 Å². The quantitative estimate of drug-likeness (QED) is 0.848. The summed E-state index contributed by atoms with van der Waals surface area (Å²) in [4.78, 5) is 13.8. The third kappa shape index (κ3) is 4.19. The number of amides is 1. The van der Waals surface area contributed by atoms with Crippen LogP contribution in [0.5, 0.6) is 0 Å². The molecule has 0 heterocycles. The third-order valence-electron chi connectivity index (χ3n) is 2.62. The second-order valence-electron chi connectivity index (χ2n) is 4.51. The van der Waals surface area contributed by atoms with Gasteiger partial charge < -0.3 is 10.2 Å². The first-order valence-corrected chi connectivity index (χ1v) is 6.15. The van der Waals surface area contributed by atoms with Gasteiger partial charge in [0.15, 0.2) is 0 Å². The van der Waals surface area contributed by atoms with E-state index in [9.17, 15) is 4.79 Å². The number of hydrogen-bond donors (Lipinski definition) is 1. The van der Waals surface area contributed by atoms with Crippen LogP contribution >= 0.6 is 0 Å². The fourth-order valence-electron chi connectivity index (χ4n) is 1.61. The number of rotatable bonds is 5. The van der Waals surface area contributed by atoms with Gasteiger partial charge in [-0.05, 0) is 26.0 Å². The molecule has 3 nitrogen and oxygen atoms in total. The molecule has 94 valence electrons. The van der Waals surface area contributed by atoms with Crippen LogP contribution in [0.3, 0.4) is 0 Å². The highest BCUT2D eigenvalue weighted by atomic mass is 16.2. The number of benzene rings is 1. The van der Waals surface area contributed by atoms with E-state index in [1.54, 1.807) is 4.90 Å². The van der Waals surface area contributed by atoms with Crippen LogP contribution in [0.1, 0.15) is 26.3 Å². The molecular formula is C14H22N2O. The van der Waals surface area contributed by atoms with Crippen molar-refractivity contribution < 1.29 is 4.79 Å². The zero-order valence-electron chi connectivity index (χ0n) is 11.2. The van der Waals surface area contributed by atoms with Gasteiger partial charge in [-0.25, -0.2) is 0 Å². The molecule has 0 spiro atoms. The van der Waals surface area contributed by atoms with Gasteiger partial charge in [-0.2, -0.15) is 0 Å². The zero-order valence-corrected chi connectivity index (χ0v) is 11.2. The van der Waals surface area contributed by atoms with Crippen molar-refractivity contribution >= 4 is 11.6 Å². The minimum atomic E-state index is 0.116. The molecule has 3 heteroatoms. The predicted octanol–water partition coefficient (Wildman–Crippen LogP) is 2.35. The molecule has 1 amide bonds. The minimum absolute atomic E-state index is 0.116. The van der Waals surface area contributed by atoms with E-state index in [2.05, 4.69) is 5.32 Å². The Morgan fingerprint density at radius 3 is 2.35 bits per heavy atom. The lowest BCUT2D eigenvalue weighted by Crippen LogP contribution is -2.40. The molecule has 1 rings (SSSR count). The molecule has 1 N–H and O–H groups in total. The predicted molar refractivity (Wildman–Crippen MR) is 72.3 cm³/mol. The van der Waals surface area contributed by atoms with E-state index in [0.717, 1.165) is 5.69 Å². The van der Waals surface area contributed by atoms with Gasteiger partial charge in [0.05, 0.1) is 6.54 Å². The van der Waals surface area contributed by atoms with E-state index in [4.69, 9.17) is 0 Å². The third-order valence-corrected chi connectivity index (χ3v) is 2.62. The maximum absolute atomic E-state index is 12.0. The summed E-state index contributed by atoms with van der Waals surface area (Å²) in [7, 11) is 0. The lowest BCUT2D eigenvalue weighted by Gasteiger charge is -2.22. The Morgan fingerprint density at radius 1 is 1.29 bits per heavy atom. The Morgan fingerprint density at radius 2 is 1.88 bits per heavy atom. The number of anilines is 1. The summed E-state index contributed by atoms with van der Waals surface area (Å²) in [5.41, 5.74) is 2.17. The van der Waals surface area contributed by atoms with Crippen molar-refractivity contribution in [3.63, 3.8) is 0 Å². The summed E-state index contributed by atoms with van der Waals surface area (Å²) in [6, 6.07) is 8.37. The largest absolute Gasteiger partial charge is 0.312 e. The molecule has 0 aliphatic rings. The fourth-order valence-corrected chi connectivity index (χ4v) is 1.61. The number of aryl methyl sites for hydroxylation is 1. The van der Waals surface area contributed by atoms with Gasteiger partial charge in [-0.3, -0.25) is 4.79 Å². The van der Waals surface area contributed by atoms with Crippen molar-refractivity contribution in [2.75, 3.05) is 18.0 Å². The summed E-state index contributed by atoms with van der Waals surface area (Å²) >= 11 is 0. The Bertz CT molecular complexity index is 357. The highest BCUT2D eigenvalue weighted by molar-refractivity contribution is 5.94. The molecule has 17 heavy (non-hydrogen) atoms. The van der Waals surface area contributed by atoms with Crippen LogP contribution in [0.15, 0.2) is 24.3 Å². The molecule has 1 aromatic rings. The maximum Gasteiger partial charge on any atom is 0.240 e. The van der Waals surface area contributed by atoms with E-state index in [-0.39, 0.29) is 5.91 Å².